The van der Waals surface area contributed by atoms with Crippen molar-refractivity contribution in [3.63, 3.8) is 0 Å². The summed E-state index contributed by atoms with van der Waals surface area (Å²) >= 11 is 0. The predicted octanol–water partition coefficient (Wildman–Crippen LogP) is 3.69. The average Bonchev–Trinajstić information content (AvgIpc) is 2.15. The van der Waals surface area contributed by atoms with Crippen LogP contribution in [-0.4, -0.2) is 11.0 Å². The van der Waals surface area contributed by atoms with Gasteiger partial charge in [0.05, 0.1) is 0 Å². The molecule has 0 atom stereocenters. The molecule has 0 aliphatic heterocycles. The Morgan fingerprint density at radius 3 is 0.500 bits per heavy atom. The number of rotatable bonds is 0. The Morgan fingerprint density at radius 1 is 0.300 bits per heavy atom. The predicted molar refractivity (Wildman–Crippen MR) is 80.7 cm³/mol. The van der Waals surface area contributed by atoms with Gasteiger partial charge in [-0.1, -0.05) is 48.6 Å². The first-order valence-corrected chi connectivity index (χ1v) is 6.60. The van der Waals surface area contributed by atoms with E-state index >= 15 is 0 Å². The quantitative estimate of drug-likeness (QED) is 0.365. The molecule has 0 aromatic heterocycles. The third kappa shape index (κ3) is 20.5. The molecule has 122 valence electrons. The van der Waals surface area contributed by atoms with E-state index in [1.807, 2.05) is 0 Å². The van der Waals surface area contributed by atoms with E-state index in [-0.39, 0.29) is 51.2 Å². The zero-order valence-electron chi connectivity index (χ0n) is 11.9. The van der Waals surface area contributed by atoms with Crippen molar-refractivity contribution in [2.45, 2.75) is 51.4 Å². The summed E-state index contributed by atoms with van der Waals surface area (Å²) in [5.74, 6) is 0. The SMILES string of the molecule is C1=C\CC/C=C\CC/1.C1=C\CC/C=C\CC/1.O.O.[Ir].[Ir]. The molecule has 0 spiro atoms. The van der Waals surface area contributed by atoms with Gasteiger partial charge in [-0.25, -0.2) is 0 Å². The van der Waals surface area contributed by atoms with E-state index in [0.717, 1.165) is 0 Å². The van der Waals surface area contributed by atoms with Crippen LogP contribution in [0.15, 0.2) is 48.6 Å². The van der Waals surface area contributed by atoms with Crippen molar-refractivity contribution in [3.05, 3.63) is 48.6 Å². The molecule has 2 aliphatic rings. The molecule has 2 radical (unpaired) electrons. The second kappa shape index (κ2) is 24.2. The van der Waals surface area contributed by atoms with Crippen molar-refractivity contribution in [3.8, 4) is 0 Å². The first-order chi connectivity index (χ1) is 8.00. The Balaban J connectivity index is -0.000000107. The van der Waals surface area contributed by atoms with Crippen LogP contribution in [-0.2, 0) is 40.2 Å². The fourth-order valence-corrected chi connectivity index (χ4v) is 1.71. The Bertz CT molecular complexity index is 192. The third-order valence-electron chi connectivity index (χ3n) is 2.67. The van der Waals surface area contributed by atoms with Crippen LogP contribution in [0.5, 0.6) is 0 Å². The molecular weight excluding hydrogens is 609 g/mol. The Hall–Kier alpha value is 0.179. The summed E-state index contributed by atoms with van der Waals surface area (Å²) in [6.07, 6.45) is 28.0. The maximum absolute atomic E-state index is 2.27. The second-order valence-corrected chi connectivity index (χ2v) is 4.20. The number of hydrogen-bond acceptors (Lipinski definition) is 0. The molecule has 0 heterocycles. The van der Waals surface area contributed by atoms with Gasteiger partial charge >= 0.3 is 0 Å². The molecule has 0 saturated carbocycles. The van der Waals surface area contributed by atoms with Gasteiger partial charge in [0, 0.05) is 40.2 Å². The summed E-state index contributed by atoms with van der Waals surface area (Å²) in [6, 6.07) is 0. The summed E-state index contributed by atoms with van der Waals surface area (Å²) in [5.41, 5.74) is 0. The van der Waals surface area contributed by atoms with E-state index in [1.165, 1.54) is 51.4 Å². The molecule has 0 amide bonds. The van der Waals surface area contributed by atoms with Crippen LogP contribution in [0, 0.1) is 0 Å². The first-order valence-electron chi connectivity index (χ1n) is 6.60. The molecular formula is C16H28Ir2O2. The molecule has 2 aliphatic carbocycles. The molecule has 4 N–H and O–H groups in total. The standard InChI is InChI=1S/2C8H12.2Ir.2H2O/c2*1-2-4-6-8-7-5-3-1;;;;/h2*1-2,7-8H,3-6H2;;;2*1H2/b2*2-1-,8-7-;;;;. The van der Waals surface area contributed by atoms with E-state index in [1.54, 1.807) is 0 Å². The van der Waals surface area contributed by atoms with Gasteiger partial charge in [0.1, 0.15) is 0 Å². The van der Waals surface area contributed by atoms with Crippen LogP contribution in [0.1, 0.15) is 51.4 Å². The van der Waals surface area contributed by atoms with E-state index in [4.69, 9.17) is 0 Å². The topological polar surface area (TPSA) is 63.0 Å². The zero-order chi connectivity index (χ0) is 11.3. The minimum atomic E-state index is 0. The van der Waals surface area contributed by atoms with Crippen LogP contribution in [0.4, 0.5) is 0 Å². The molecule has 0 fully saturated rings. The molecule has 0 bridgehead atoms. The monoisotopic (exact) mass is 638 g/mol. The van der Waals surface area contributed by atoms with Gasteiger partial charge in [0.2, 0.25) is 0 Å². The third-order valence-corrected chi connectivity index (χ3v) is 2.67. The van der Waals surface area contributed by atoms with Gasteiger partial charge in [0.25, 0.3) is 0 Å². The van der Waals surface area contributed by atoms with E-state index in [0.29, 0.717) is 0 Å². The maximum Gasteiger partial charge on any atom is 0 e. The summed E-state index contributed by atoms with van der Waals surface area (Å²) in [7, 11) is 0. The van der Waals surface area contributed by atoms with E-state index < -0.39 is 0 Å². The minimum Gasteiger partial charge on any atom is -0.412 e. The fourth-order valence-electron chi connectivity index (χ4n) is 1.71. The van der Waals surface area contributed by atoms with Crippen molar-refractivity contribution in [1.29, 1.82) is 0 Å². The van der Waals surface area contributed by atoms with Gasteiger partial charge < -0.3 is 11.0 Å². The van der Waals surface area contributed by atoms with E-state index in [2.05, 4.69) is 48.6 Å². The molecule has 0 unspecified atom stereocenters. The van der Waals surface area contributed by atoms with Crippen LogP contribution in [0.25, 0.3) is 0 Å². The fraction of sp³-hybridized carbons (Fsp3) is 0.500. The van der Waals surface area contributed by atoms with Gasteiger partial charge in [0.15, 0.2) is 0 Å². The van der Waals surface area contributed by atoms with Crippen LogP contribution in [0.2, 0.25) is 0 Å². The second-order valence-electron chi connectivity index (χ2n) is 4.20. The molecule has 2 nitrogen and oxygen atoms in total. The average molecular weight is 637 g/mol. The molecule has 4 heteroatoms. The Labute approximate surface area is 150 Å². The normalized spacial score (nSPS) is 22.4. The van der Waals surface area contributed by atoms with Gasteiger partial charge in [-0.2, -0.15) is 0 Å². The smallest absolute Gasteiger partial charge is 0 e. The summed E-state index contributed by atoms with van der Waals surface area (Å²) in [4.78, 5) is 0. The summed E-state index contributed by atoms with van der Waals surface area (Å²) in [5, 5.41) is 0. The van der Waals surface area contributed by atoms with Gasteiger partial charge in [-0.15, -0.1) is 0 Å². The van der Waals surface area contributed by atoms with Crippen molar-refractivity contribution in [2.75, 3.05) is 0 Å². The van der Waals surface area contributed by atoms with Crippen molar-refractivity contribution in [2.24, 2.45) is 0 Å². The van der Waals surface area contributed by atoms with Crippen LogP contribution < -0.4 is 0 Å². The van der Waals surface area contributed by atoms with Crippen LogP contribution in [0.3, 0.4) is 0 Å². The molecule has 0 aromatic rings. The van der Waals surface area contributed by atoms with E-state index in [9.17, 15) is 0 Å². The molecule has 20 heavy (non-hydrogen) atoms. The first kappa shape index (κ1) is 28.4. The van der Waals surface area contributed by atoms with Crippen LogP contribution >= 0.6 is 0 Å². The van der Waals surface area contributed by atoms with Crippen molar-refractivity contribution >= 4 is 0 Å². The largest absolute Gasteiger partial charge is 0.412 e. The Kier molecular flexibility index (Phi) is 34.3. The van der Waals surface area contributed by atoms with Gasteiger partial charge in [-0.3, -0.25) is 0 Å². The number of hydrogen-bond donors (Lipinski definition) is 0. The van der Waals surface area contributed by atoms with Gasteiger partial charge in [-0.05, 0) is 51.4 Å². The maximum atomic E-state index is 2.27. The molecule has 0 aromatic carbocycles. The Morgan fingerprint density at radius 2 is 0.400 bits per heavy atom. The summed E-state index contributed by atoms with van der Waals surface area (Å²) in [6.45, 7) is 0. The summed E-state index contributed by atoms with van der Waals surface area (Å²) < 4.78 is 0. The molecule has 0 saturated heterocycles. The molecule has 2 rings (SSSR count). The zero-order valence-corrected chi connectivity index (χ0v) is 16.7. The van der Waals surface area contributed by atoms with Crippen molar-refractivity contribution in [1.82, 2.24) is 0 Å². The number of allylic oxidation sites excluding steroid dienone is 8. The van der Waals surface area contributed by atoms with Crippen molar-refractivity contribution < 1.29 is 51.2 Å². The minimum absolute atomic E-state index is 0.